The molecule has 2 aromatic rings. The highest BCUT2D eigenvalue weighted by Crippen LogP contribution is 2.36. The molecule has 1 aromatic carbocycles. The van der Waals surface area contributed by atoms with E-state index in [1.54, 1.807) is 0 Å². The molecule has 0 saturated carbocycles. The van der Waals surface area contributed by atoms with Gasteiger partial charge in [-0.2, -0.15) is 13.2 Å². The van der Waals surface area contributed by atoms with Gasteiger partial charge in [-0.3, -0.25) is 4.79 Å². The Morgan fingerprint density at radius 1 is 1.14 bits per heavy atom. The molecule has 150 valence electrons. The average molecular weight is 413 g/mol. The van der Waals surface area contributed by atoms with Crippen LogP contribution in [0.2, 0.25) is 5.02 Å². The Morgan fingerprint density at radius 2 is 1.75 bits per heavy atom. The minimum absolute atomic E-state index is 0.0850. The standard InChI is InChI=1S/C19H20ClF3N4O/c1-11-9-12(2)25-18(24-11)27-7-5-13(6-8-27)17(28)26-14-3-4-16(20)15(10-14)19(21,22)23/h3-4,9-10,13H,5-8H2,1-2H3,(H,26,28). The molecule has 1 aromatic heterocycles. The third-order valence-corrected chi connectivity index (χ3v) is 4.99. The molecule has 1 aliphatic heterocycles. The molecule has 9 heteroatoms. The number of carbonyl (C=O) groups is 1. The molecule has 1 N–H and O–H groups in total. The van der Waals surface area contributed by atoms with Crippen LogP contribution in [0, 0.1) is 19.8 Å². The van der Waals surface area contributed by atoms with Crippen molar-refractivity contribution in [1.82, 2.24) is 9.97 Å². The van der Waals surface area contributed by atoms with Gasteiger partial charge in [-0.25, -0.2) is 9.97 Å². The summed E-state index contributed by atoms with van der Waals surface area (Å²) in [5.74, 6) is 0.0625. The van der Waals surface area contributed by atoms with Crippen molar-refractivity contribution in [3.8, 4) is 0 Å². The number of rotatable bonds is 3. The summed E-state index contributed by atoms with van der Waals surface area (Å²) < 4.78 is 38.9. The van der Waals surface area contributed by atoms with Crippen molar-refractivity contribution in [3.05, 3.63) is 46.2 Å². The summed E-state index contributed by atoms with van der Waals surface area (Å²) in [4.78, 5) is 23.4. The highest BCUT2D eigenvalue weighted by molar-refractivity contribution is 6.31. The molecule has 1 aliphatic rings. The van der Waals surface area contributed by atoms with Crippen LogP contribution in [0.25, 0.3) is 0 Å². The first-order chi connectivity index (χ1) is 13.1. The summed E-state index contributed by atoms with van der Waals surface area (Å²) in [5.41, 5.74) is 0.881. The van der Waals surface area contributed by atoms with Crippen LogP contribution in [0.3, 0.4) is 0 Å². The van der Waals surface area contributed by atoms with Crippen LogP contribution in [-0.4, -0.2) is 29.0 Å². The van der Waals surface area contributed by atoms with Crippen molar-refractivity contribution in [2.24, 2.45) is 5.92 Å². The first-order valence-electron chi connectivity index (χ1n) is 8.88. The molecule has 0 bridgehead atoms. The van der Waals surface area contributed by atoms with Crippen LogP contribution in [0.1, 0.15) is 29.8 Å². The summed E-state index contributed by atoms with van der Waals surface area (Å²) in [6.45, 7) is 5.02. The normalized spacial score (nSPS) is 15.6. The second-order valence-electron chi connectivity index (χ2n) is 6.89. The van der Waals surface area contributed by atoms with Gasteiger partial charge in [0.2, 0.25) is 11.9 Å². The van der Waals surface area contributed by atoms with E-state index < -0.39 is 16.8 Å². The number of amides is 1. The molecule has 3 rings (SSSR count). The molecular formula is C19H20ClF3N4O. The van der Waals surface area contributed by atoms with Gasteiger partial charge in [0, 0.05) is 36.1 Å². The van der Waals surface area contributed by atoms with Crippen molar-refractivity contribution in [2.45, 2.75) is 32.9 Å². The van der Waals surface area contributed by atoms with Gasteiger partial charge >= 0.3 is 6.18 Å². The van der Waals surface area contributed by atoms with Gasteiger partial charge in [0.05, 0.1) is 10.6 Å². The molecule has 28 heavy (non-hydrogen) atoms. The lowest BCUT2D eigenvalue weighted by atomic mass is 9.96. The van der Waals surface area contributed by atoms with Crippen molar-refractivity contribution >= 4 is 29.1 Å². The Balaban J connectivity index is 1.63. The van der Waals surface area contributed by atoms with Crippen LogP contribution in [0.15, 0.2) is 24.3 Å². The maximum absolute atomic E-state index is 13.0. The zero-order valence-electron chi connectivity index (χ0n) is 15.5. The molecule has 2 heterocycles. The lowest BCUT2D eigenvalue weighted by molar-refractivity contribution is -0.137. The Bertz CT molecular complexity index is 860. The van der Waals surface area contributed by atoms with Crippen LogP contribution in [-0.2, 0) is 11.0 Å². The number of nitrogens with zero attached hydrogens (tertiary/aromatic N) is 3. The van der Waals surface area contributed by atoms with E-state index in [1.807, 2.05) is 24.8 Å². The van der Waals surface area contributed by atoms with Crippen LogP contribution in [0.5, 0.6) is 0 Å². The summed E-state index contributed by atoms with van der Waals surface area (Å²) in [6.07, 6.45) is -3.43. The fourth-order valence-corrected chi connectivity index (χ4v) is 3.48. The Kier molecular flexibility index (Phi) is 5.79. The Morgan fingerprint density at radius 3 is 2.32 bits per heavy atom. The predicted octanol–water partition coefficient (Wildman–Crippen LogP) is 4.62. The number of nitrogens with one attached hydrogen (secondary N) is 1. The zero-order chi connectivity index (χ0) is 20.5. The van der Waals surface area contributed by atoms with E-state index in [2.05, 4.69) is 15.3 Å². The quantitative estimate of drug-likeness (QED) is 0.799. The monoisotopic (exact) mass is 412 g/mol. The highest BCUT2D eigenvalue weighted by Gasteiger charge is 2.34. The first kappa shape index (κ1) is 20.4. The van der Waals surface area contributed by atoms with E-state index in [1.165, 1.54) is 6.07 Å². The van der Waals surface area contributed by atoms with Gasteiger partial charge in [-0.15, -0.1) is 0 Å². The van der Waals surface area contributed by atoms with Crippen LogP contribution in [0.4, 0.5) is 24.8 Å². The number of piperidine rings is 1. The molecular weight excluding hydrogens is 393 g/mol. The first-order valence-corrected chi connectivity index (χ1v) is 9.26. The number of carbonyl (C=O) groups excluding carboxylic acids is 1. The van der Waals surface area contributed by atoms with E-state index >= 15 is 0 Å². The third-order valence-electron chi connectivity index (χ3n) is 4.66. The summed E-state index contributed by atoms with van der Waals surface area (Å²) in [5, 5.41) is 2.18. The number of aryl methyl sites for hydroxylation is 2. The minimum atomic E-state index is -4.57. The number of aromatic nitrogens is 2. The topological polar surface area (TPSA) is 58.1 Å². The number of halogens is 4. The molecule has 0 atom stereocenters. The maximum Gasteiger partial charge on any atom is 0.417 e. The van der Waals surface area contributed by atoms with Crippen LogP contribution >= 0.6 is 11.6 Å². The lowest BCUT2D eigenvalue weighted by Crippen LogP contribution is -2.39. The summed E-state index contributed by atoms with van der Waals surface area (Å²) in [7, 11) is 0. The molecule has 5 nitrogen and oxygen atoms in total. The fraction of sp³-hybridized carbons (Fsp3) is 0.421. The number of hydrogen-bond donors (Lipinski definition) is 1. The SMILES string of the molecule is Cc1cc(C)nc(N2CCC(C(=O)Nc3ccc(Cl)c(C(F)(F)F)c3)CC2)n1. The fourth-order valence-electron chi connectivity index (χ4n) is 3.26. The molecule has 0 aliphatic carbocycles. The number of alkyl halides is 3. The van der Waals surface area contributed by atoms with Crippen LogP contribution < -0.4 is 10.2 Å². The molecule has 0 radical (unpaired) electrons. The van der Waals surface area contributed by atoms with E-state index in [4.69, 9.17) is 11.6 Å². The van der Waals surface area contributed by atoms with Crippen molar-refractivity contribution in [1.29, 1.82) is 0 Å². The maximum atomic E-state index is 13.0. The third kappa shape index (κ3) is 4.73. The smallest absolute Gasteiger partial charge is 0.341 e. The summed E-state index contributed by atoms with van der Waals surface area (Å²) in [6, 6.07) is 5.26. The van der Waals surface area contributed by atoms with Gasteiger partial charge < -0.3 is 10.2 Å². The highest BCUT2D eigenvalue weighted by atomic mass is 35.5. The molecule has 0 spiro atoms. The second-order valence-corrected chi connectivity index (χ2v) is 7.30. The number of anilines is 2. The Labute approximate surface area is 165 Å². The van der Waals surface area contributed by atoms with Gasteiger partial charge in [-0.1, -0.05) is 11.6 Å². The largest absolute Gasteiger partial charge is 0.417 e. The minimum Gasteiger partial charge on any atom is -0.341 e. The van der Waals surface area contributed by atoms with Crippen molar-refractivity contribution in [2.75, 3.05) is 23.3 Å². The van der Waals surface area contributed by atoms with Gasteiger partial charge in [0.1, 0.15) is 0 Å². The van der Waals surface area contributed by atoms with Gasteiger partial charge in [-0.05, 0) is 51.0 Å². The molecule has 0 unspecified atom stereocenters. The molecule has 1 fully saturated rings. The van der Waals surface area contributed by atoms with Crippen molar-refractivity contribution < 1.29 is 18.0 Å². The Hall–Kier alpha value is -2.35. The van der Waals surface area contributed by atoms with E-state index in [0.29, 0.717) is 31.9 Å². The van der Waals surface area contributed by atoms with E-state index in [-0.39, 0.29) is 17.5 Å². The number of hydrogen-bond acceptors (Lipinski definition) is 4. The van der Waals surface area contributed by atoms with E-state index in [9.17, 15) is 18.0 Å². The zero-order valence-corrected chi connectivity index (χ0v) is 16.2. The summed E-state index contributed by atoms with van der Waals surface area (Å²) >= 11 is 5.61. The van der Waals surface area contributed by atoms with Gasteiger partial charge in [0.15, 0.2) is 0 Å². The lowest BCUT2D eigenvalue weighted by Gasteiger charge is -2.31. The molecule has 1 amide bonds. The second kappa shape index (κ2) is 7.95. The average Bonchev–Trinajstić information content (AvgIpc) is 2.61. The van der Waals surface area contributed by atoms with Gasteiger partial charge in [0.25, 0.3) is 0 Å². The predicted molar refractivity (Wildman–Crippen MR) is 102 cm³/mol. The van der Waals surface area contributed by atoms with Crippen molar-refractivity contribution in [3.63, 3.8) is 0 Å². The number of benzene rings is 1. The van der Waals surface area contributed by atoms with E-state index in [0.717, 1.165) is 23.5 Å². The molecule has 1 saturated heterocycles.